The zero-order valence-electron chi connectivity index (χ0n) is 17.9. The summed E-state index contributed by atoms with van der Waals surface area (Å²) in [6.07, 6.45) is -0.592. The van der Waals surface area contributed by atoms with Gasteiger partial charge >= 0.3 is 0 Å². The van der Waals surface area contributed by atoms with E-state index >= 15 is 0 Å². The van der Waals surface area contributed by atoms with E-state index in [1.807, 2.05) is 31.2 Å². The Balaban J connectivity index is 2.84. The van der Waals surface area contributed by atoms with Crippen LogP contribution in [0.25, 0.3) is 0 Å². The van der Waals surface area contributed by atoms with Crippen LogP contribution in [-0.2, 0) is 4.43 Å². The first-order chi connectivity index (χ1) is 12.1. The van der Waals surface area contributed by atoms with Crippen molar-refractivity contribution in [2.24, 2.45) is 5.92 Å². The average molecular weight is 379 g/mol. The number of aliphatic hydroxyl groups is 1. The quantitative estimate of drug-likeness (QED) is 0.394. The van der Waals surface area contributed by atoms with Crippen molar-refractivity contribution >= 4 is 8.32 Å². The second-order valence-electron chi connectivity index (χ2n) is 8.27. The van der Waals surface area contributed by atoms with E-state index in [0.29, 0.717) is 23.2 Å². The lowest BCUT2D eigenvalue weighted by Crippen LogP contribution is -2.48. The maximum atomic E-state index is 10.7. The van der Waals surface area contributed by atoms with E-state index in [4.69, 9.17) is 9.16 Å². The van der Waals surface area contributed by atoms with Crippen molar-refractivity contribution in [3.63, 3.8) is 0 Å². The third kappa shape index (κ3) is 4.99. The molecule has 1 aromatic carbocycles. The second kappa shape index (κ2) is 9.72. The Morgan fingerprint density at radius 3 is 1.81 bits per heavy atom. The maximum absolute atomic E-state index is 10.7. The predicted octanol–water partition coefficient (Wildman–Crippen LogP) is 6.11. The summed E-state index contributed by atoms with van der Waals surface area (Å²) in [5, 5.41) is 10.7. The fourth-order valence-corrected chi connectivity index (χ4v) is 9.60. The molecule has 1 aromatic rings. The van der Waals surface area contributed by atoms with Gasteiger partial charge in [0.25, 0.3) is 0 Å². The van der Waals surface area contributed by atoms with Crippen LogP contribution in [0, 0.1) is 5.92 Å². The van der Waals surface area contributed by atoms with E-state index in [0.717, 1.165) is 16.9 Å². The monoisotopic (exact) mass is 378 g/mol. The molecule has 0 aromatic heterocycles. The van der Waals surface area contributed by atoms with Gasteiger partial charge in [0.2, 0.25) is 8.32 Å². The standard InChI is InChI=1S/C22H38O3Si/c1-15(2)26(16(3)4,17(5)6)25-14-18(7)19(8)22(23)20-10-12-21(24-9)13-11-20/h10-13,15-17,19,22-23H,7,14H2,1-6,8-9H3/t19-,22+/m0/s1. The number of methoxy groups -OCH3 is 1. The molecule has 4 heteroatoms. The first kappa shape index (κ1) is 22.9. The summed E-state index contributed by atoms with van der Waals surface area (Å²) in [7, 11) is -0.281. The van der Waals surface area contributed by atoms with Crippen LogP contribution >= 0.6 is 0 Å². The number of ether oxygens (including phenoxy) is 1. The van der Waals surface area contributed by atoms with Crippen LogP contribution in [0.3, 0.4) is 0 Å². The molecule has 0 saturated heterocycles. The van der Waals surface area contributed by atoms with E-state index in [-0.39, 0.29) is 5.92 Å². The van der Waals surface area contributed by atoms with Crippen LogP contribution in [-0.4, -0.2) is 27.1 Å². The molecule has 0 radical (unpaired) electrons. The molecule has 0 bridgehead atoms. The molecule has 1 rings (SSSR count). The molecule has 3 nitrogen and oxygen atoms in total. The lowest BCUT2D eigenvalue weighted by atomic mass is 9.92. The molecule has 0 aliphatic heterocycles. The fourth-order valence-electron chi connectivity index (χ4n) is 4.16. The van der Waals surface area contributed by atoms with Crippen LogP contribution in [0.4, 0.5) is 0 Å². The van der Waals surface area contributed by atoms with Crippen molar-refractivity contribution in [3.05, 3.63) is 42.0 Å². The molecule has 0 aliphatic rings. The molecule has 0 unspecified atom stereocenters. The molecule has 0 fully saturated rings. The molecule has 2 atom stereocenters. The summed E-state index contributed by atoms with van der Waals surface area (Å²) in [4.78, 5) is 0. The topological polar surface area (TPSA) is 38.7 Å². The SMILES string of the molecule is C=C(CO[Si](C(C)C)(C(C)C)C(C)C)[C@H](C)[C@@H](O)c1ccc(OC)cc1. The van der Waals surface area contributed by atoms with Crippen LogP contribution in [0.2, 0.25) is 16.6 Å². The van der Waals surface area contributed by atoms with Gasteiger partial charge in [0.1, 0.15) is 5.75 Å². The fraction of sp³-hybridized carbons (Fsp3) is 0.636. The van der Waals surface area contributed by atoms with Gasteiger partial charge in [-0.25, -0.2) is 0 Å². The molecule has 0 saturated carbocycles. The lowest BCUT2D eigenvalue weighted by molar-refractivity contribution is 0.127. The van der Waals surface area contributed by atoms with Crippen molar-refractivity contribution in [2.75, 3.05) is 13.7 Å². The molecule has 1 N–H and O–H groups in total. The largest absolute Gasteiger partial charge is 0.497 e. The number of hydrogen-bond donors (Lipinski definition) is 1. The summed E-state index contributed by atoms with van der Waals surface area (Å²) in [6.45, 7) is 20.5. The highest BCUT2D eigenvalue weighted by Gasteiger charge is 2.45. The van der Waals surface area contributed by atoms with Gasteiger partial charge in [0, 0.05) is 5.92 Å². The highest BCUT2D eigenvalue weighted by molar-refractivity contribution is 6.77. The van der Waals surface area contributed by atoms with Gasteiger partial charge in [-0.1, -0.05) is 67.2 Å². The summed E-state index contributed by atoms with van der Waals surface area (Å²) in [5.41, 5.74) is 3.44. The molecule has 0 heterocycles. The van der Waals surface area contributed by atoms with Crippen LogP contribution in [0.1, 0.15) is 60.1 Å². The summed E-state index contributed by atoms with van der Waals surface area (Å²) >= 11 is 0. The Labute approximate surface area is 161 Å². The Morgan fingerprint density at radius 1 is 0.962 bits per heavy atom. The highest BCUT2D eigenvalue weighted by Crippen LogP contribution is 2.43. The van der Waals surface area contributed by atoms with Crippen LogP contribution in [0.15, 0.2) is 36.4 Å². The average Bonchev–Trinajstić information content (AvgIpc) is 2.59. The van der Waals surface area contributed by atoms with Crippen LogP contribution in [0.5, 0.6) is 5.75 Å². The second-order valence-corrected chi connectivity index (χ2v) is 13.7. The molecule has 0 aliphatic carbocycles. The van der Waals surface area contributed by atoms with E-state index < -0.39 is 14.4 Å². The van der Waals surface area contributed by atoms with Gasteiger partial charge in [-0.05, 0) is 39.9 Å². The van der Waals surface area contributed by atoms with Gasteiger partial charge < -0.3 is 14.3 Å². The summed E-state index contributed by atoms with van der Waals surface area (Å²) in [5.74, 6) is 0.721. The third-order valence-corrected chi connectivity index (χ3v) is 11.8. The maximum Gasteiger partial charge on any atom is 0.200 e. The Kier molecular flexibility index (Phi) is 8.58. The molecule has 26 heavy (non-hydrogen) atoms. The van der Waals surface area contributed by atoms with Gasteiger partial charge in [-0.3, -0.25) is 0 Å². The zero-order chi connectivity index (χ0) is 20.1. The number of aliphatic hydroxyl groups excluding tert-OH is 1. The molecular formula is C22H38O3Si. The minimum Gasteiger partial charge on any atom is -0.497 e. The Morgan fingerprint density at radius 2 is 1.42 bits per heavy atom. The first-order valence-corrected chi connectivity index (χ1v) is 11.9. The summed E-state index contributed by atoms with van der Waals surface area (Å²) in [6, 6.07) is 7.56. The number of rotatable bonds is 10. The van der Waals surface area contributed by atoms with E-state index in [9.17, 15) is 5.11 Å². The minimum absolute atomic E-state index is 0.0680. The normalized spacial score (nSPS) is 14.8. The number of benzene rings is 1. The predicted molar refractivity (Wildman–Crippen MR) is 113 cm³/mol. The molecule has 0 amide bonds. The van der Waals surface area contributed by atoms with Gasteiger partial charge in [0.05, 0.1) is 19.8 Å². The Bertz CT molecular complexity index is 541. The third-order valence-electron chi connectivity index (χ3n) is 5.79. The van der Waals surface area contributed by atoms with Crippen LogP contribution < -0.4 is 4.74 Å². The van der Waals surface area contributed by atoms with Gasteiger partial charge in [0.15, 0.2) is 0 Å². The lowest BCUT2D eigenvalue weighted by Gasteiger charge is -2.42. The minimum atomic E-state index is -1.92. The Hall–Kier alpha value is -1.10. The number of hydrogen-bond acceptors (Lipinski definition) is 3. The van der Waals surface area contributed by atoms with Crippen molar-refractivity contribution in [3.8, 4) is 5.75 Å². The molecule has 0 spiro atoms. The van der Waals surface area contributed by atoms with E-state index in [2.05, 4.69) is 48.1 Å². The highest BCUT2D eigenvalue weighted by atomic mass is 28.4. The van der Waals surface area contributed by atoms with Crippen molar-refractivity contribution in [2.45, 2.75) is 71.2 Å². The molecule has 148 valence electrons. The van der Waals surface area contributed by atoms with Gasteiger partial charge in [-0.2, -0.15) is 0 Å². The summed E-state index contributed by atoms with van der Waals surface area (Å²) < 4.78 is 11.8. The van der Waals surface area contributed by atoms with E-state index in [1.54, 1.807) is 7.11 Å². The van der Waals surface area contributed by atoms with Crippen molar-refractivity contribution in [1.29, 1.82) is 0 Å². The van der Waals surface area contributed by atoms with Gasteiger partial charge in [-0.15, -0.1) is 0 Å². The van der Waals surface area contributed by atoms with Crippen molar-refractivity contribution < 1.29 is 14.3 Å². The zero-order valence-corrected chi connectivity index (χ0v) is 18.9. The van der Waals surface area contributed by atoms with Crippen molar-refractivity contribution in [1.82, 2.24) is 0 Å². The first-order valence-electron chi connectivity index (χ1n) is 9.71. The molecular weight excluding hydrogens is 340 g/mol. The smallest absolute Gasteiger partial charge is 0.200 e. The van der Waals surface area contributed by atoms with E-state index in [1.165, 1.54) is 0 Å².